The summed E-state index contributed by atoms with van der Waals surface area (Å²) >= 11 is 7.15. The molecular weight excluding hydrogens is 368 g/mol. The van der Waals surface area contributed by atoms with Gasteiger partial charge in [0.1, 0.15) is 0 Å². The summed E-state index contributed by atoms with van der Waals surface area (Å²) in [6, 6.07) is 4.40. The van der Waals surface area contributed by atoms with Gasteiger partial charge < -0.3 is 5.73 Å². The van der Waals surface area contributed by atoms with Gasteiger partial charge in [-0.15, -0.1) is 0 Å². The van der Waals surface area contributed by atoms with E-state index >= 15 is 0 Å². The summed E-state index contributed by atoms with van der Waals surface area (Å²) in [5, 5.41) is 0. The van der Waals surface area contributed by atoms with Crippen molar-refractivity contribution in [2.24, 2.45) is 0 Å². The van der Waals surface area contributed by atoms with E-state index in [0.29, 0.717) is 0 Å². The van der Waals surface area contributed by atoms with Crippen LogP contribution < -0.4 is 5.73 Å². The molecule has 0 radical (unpaired) electrons. The molecular formula is C15H14Br2N2. The van der Waals surface area contributed by atoms with Crippen molar-refractivity contribution in [3.8, 4) is 0 Å². The van der Waals surface area contributed by atoms with Gasteiger partial charge >= 0.3 is 0 Å². The minimum Gasteiger partial charge on any atom is -0.398 e. The number of hydrogen-bond acceptors (Lipinski definition) is 2. The topological polar surface area (TPSA) is 38.9 Å². The first-order chi connectivity index (χ1) is 9.06. The van der Waals surface area contributed by atoms with Crippen molar-refractivity contribution in [1.82, 2.24) is 4.98 Å². The number of benzene rings is 1. The molecule has 1 aliphatic rings. The second-order valence-electron chi connectivity index (χ2n) is 4.99. The smallest absolute Gasteiger partial charge is 0.0491 e. The van der Waals surface area contributed by atoms with E-state index in [1.54, 1.807) is 0 Å². The molecule has 19 heavy (non-hydrogen) atoms. The highest BCUT2D eigenvalue weighted by Crippen LogP contribution is 2.35. The van der Waals surface area contributed by atoms with Crippen LogP contribution in [0.15, 0.2) is 27.3 Å². The maximum Gasteiger partial charge on any atom is 0.0491 e. The van der Waals surface area contributed by atoms with Crippen LogP contribution in [0.5, 0.6) is 0 Å². The molecule has 3 rings (SSSR count). The van der Waals surface area contributed by atoms with E-state index in [9.17, 15) is 0 Å². The number of nitrogen functional groups attached to an aromatic ring is 1. The number of rotatable bonds is 0. The molecule has 2 aromatic rings. The van der Waals surface area contributed by atoms with Crippen LogP contribution in [-0.4, -0.2) is 4.98 Å². The van der Waals surface area contributed by atoms with Gasteiger partial charge in [-0.2, -0.15) is 0 Å². The highest BCUT2D eigenvalue weighted by molar-refractivity contribution is 9.11. The maximum absolute atomic E-state index is 6.13. The Bertz CT molecular complexity index is 666. The zero-order valence-corrected chi connectivity index (χ0v) is 13.8. The average Bonchev–Trinajstić information content (AvgIpc) is 2.56. The molecule has 0 fully saturated rings. The van der Waals surface area contributed by atoms with Gasteiger partial charge in [-0.05, 0) is 79.9 Å². The fraction of sp³-hybridized carbons (Fsp3) is 0.267. The number of aryl methyl sites for hydroxylation is 3. The van der Waals surface area contributed by atoms with Crippen LogP contribution in [0.2, 0.25) is 0 Å². The van der Waals surface area contributed by atoms with Gasteiger partial charge in [-0.25, -0.2) is 0 Å². The van der Waals surface area contributed by atoms with Crippen LogP contribution in [0, 0.1) is 6.92 Å². The molecule has 0 unspecified atom stereocenters. The SMILES string of the molecule is Cc1cc2c(c(Br)c1N)Cc1ncc(Br)cc1CC2. The highest BCUT2D eigenvalue weighted by Gasteiger charge is 2.19. The van der Waals surface area contributed by atoms with Crippen molar-refractivity contribution in [2.75, 3.05) is 5.73 Å². The van der Waals surface area contributed by atoms with E-state index < -0.39 is 0 Å². The van der Waals surface area contributed by atoms with Crippen LogP contribution in [0.3, 0.4) is 0 Å². The first kappa shape index (κ1) is 13.1. The molecule has 1 heterocycles. The normalized spacial score (nSPS) is 13.6. The number of aromatic nitrogens is 1. The van der Waals surface area contributed by atoms with Crippen LogP contribution >= 0.6 is 31.9 Å². The molecule has 2 nitrogen and oxygen atoms in total. The average molecular weight is 382 g/mol. The van der Waals surface area contributed by atoms with Crippen molar-refractivity contribution in [3.63, 3.8) is 0 Å². The number of hydrogen-bond donors (Lipinski definition) is 1. The van der Waals surface area contributed by atoms with E-state index in [1.165, 1.54) is 16.7 Å². The molecule has 0 spiro atoms. The van der Waals surface area contributed by atoms with Crippen molar-refractivity contribution in [3.05, 3.63) is 55.2 Å². The number of pyridine rings is 1. The summed E-state index contributed by atoms with van der Waals surface area (Å²) in [5.41, 5.74) is 13.3. The van der Waals surface area contributed by atoms with Crippen molar-refractivity contribution >= 4 is 37.5 Å². The molecule has 1 aromatic carbocycles. The number of halogens is 2. The number of anilines is 1. The van der Waals surface area contributed by atoms with Crippen LogP contribution in [0.4, 0.5) is 5.69 Å². The Balaban J connectivity index is 2.15. The molecule has 0 atom stereocenters. The highest BCUT2D eigenvalue weighted by atomic mass is 79.9. The first-order valence-electron chi connectivity index (χ1n) is 6.26. The number of nitrogens with two attached hydrogens (primary N) is 1. The Morgan fingerprint density at radius 2 is 1.89 bits per heavy atom. The zero-order valence-electron chi connectivity index (χ0n) is 10.6. The molecule has 2 N–H and O–H groups in total. The van der Waals surface area contributed by atoms with Crippen molar-refractivity contribution in [1.29, 1.82) is 0 Å². The predicted molar refractivity (Wildman–Crippen MR) is 85.4 cm³/mol. The summed E-state index contributed by atoms with van der Waals surface area (Å²) in [7, 11) is 0. The number of fused-ring (bicyclic) bond motifs is 2. The molecule has 4 heteroatoms. The van der Waals surface area contributed by atoms with Crippen LogP contribution in [0.25, 0.3) is 0 Å². The van der Waals surface area contributed by atoms with Gasteiger partial charge in [-0.3, -0.25) is 4.98 Å². The van der Waals surface area contributed by atoms with Gasteiger partial charge in [0.25, 0.3) is 0 Å². The van der Waals surface area contributed by atoms with Crippen molar-refractivity contribution < 1.29 is 0 Å². The van der Waals surface area contributed by atoms with E-state index in [2.05, 4.69) is 55.9 Å². The minimum atomic E-state index is 0.847. The maximum atomic E-state index is 6.13. The number of nitrogens with zero attached hydrogens (tertiary/aromatic N) is 1. The molecule has 98 valence electrons. The zero-order chi connectivity index (χ0) is 13.6. The largest absolute Gasteiger partial charge is 0.398 e. The van der Waals surface area contributed by atoms with E-state index in [1.807, 2.05) is 6.20 Å². The third-order valence-electron chi connectivity index (χ3n) is 3.74. The monoisotopic (exact) mass is 380 g/mol. The Hall–Kier alpha value is -0.870. The quantitative estimate of drug-likeness (QED) is 0.695. The van der Waals surface area contributed by atoms with Gasteiger partial charge in [0.05, 0.1) is 0 Å². The molecule has 0 saturated heterocycles. The summed E-state index contributed by atoms with van der Waals surface area (Å²) in [6.45, 7) is 2.06. The van der Waals surface area contributed by atoms with Gasteiger partial charge in [0.15, 0.2) is 0 Å². The second kappa shape index (κ2) is 4.91. The fourth-order valence-corrected chi connectivity index (χ4v) is 3.73. The molecule has 1 aliphatic carbocycles. The van der Waals surface area contributed by atoms with E-state index in [4.69, 9.17) is 5.73 Å². The predicted octanol–water partition coefficient (Wildman–Crippen LogP) is 4.19. The summed E-state index contributed by atoms with van der Waals surface area (Å²) in [4.78, 5) is 4.56. The molecule has 0 bridgehead atoms. The van der Waals surface area contributed by atoms with Crippen LogP contribution in [0.1, 0.15) is 27.9 Å². The lowest BCUT2D eigenvalue weighted by Crippen LogP contribution is -2.01. The Kier molecular flexibility index (Phi) is 3.39. The Morgan fingerprint density at radius 1 is 1.16 bits per heavy atom. The van der Waals surface area contributed by atoms with Gasteiger partial charge in [-0.1, -0.05) is 6.07 Å². The minimum absolute atomic E-state index is 0.847. The Morgan fingerprint density at radius 3 is 2.68 bits per heavy atom. The van der Waals surface area contributed by atoms with Gasteiger partial charge in [0.2, 0.25) is 0 Å². The Labute approximate surface area is 129 Å². The molecule has 0 amide bonds. The lowest BCUT2D eigenvalue weighted by Gasteiger charge is -2.13. The molecule has 0 aliphatic heterocycles. The third-order valence-corrected chi connectivity index (χ3v) is 5.08. The van der Waals surface area contributed by atoms with E-state index in [-0.39, 0.29) is 0 Å². The van der Waals surface area contributed by atoms with Crippen LogP contribution in [-0.2, 0) is 19.3 Å². The molecule has 1 aromatic heterocycles. The fourth-order valence-electron chi connectivity index (χ4n) is 2.64. The summed E-state index contributed by atoms with van der Waals surface area (Å²) in [5.74, 6) is 0. The lowest BCUT2D eigenvalue weighted by molar-refractivity contribution is 0.948. The van der Waals surface area contributed by atoms with E-state index in [0.717, 1.165) is 45.2 Å². The lowest BCUT2D eigenvalue weighted by atomic mass is 9.99. The standard InChI is InChI=1S/C15H14Br2N2/c1-8-4-9-2-3-10-5-11(16)7-19-13(10)6-12(9)14(17)15(8)18/h4-5,7H,2-3,6,18H2,1H3. The second-order valence-corrected chi connectivity index (χ2v) is 6.70. The summed E-state index contributed by atoms with van der Waals surface area (Å²) < 4.78 is 2.09. The van der Waals surface area contributed by atoms with Crippen molar-refractivity contribution in [2.45, 2.75) is 26.2 Å². The first-order valence-corrected chi connectivity index (χ1v) is 7.84. The molecule has 0 saturated carbocycles. The summed E-state index contributed by atoms with van der Waals surface area (Å²) in [6.07, 6.45) is 4.79. The van der Waals surface area contributed by atoms with Gasteiger partial charge in [0, 0.05) is 32.9 Å². The third kappa shape index (κ3) is 2.32.